The quantitative estimate of drug-likeness (QED) is 0.446. The molecule has 3 heterocycles. The fourth-order valence-corrected chi connectivity index (χ4v) is 4.94. The number of imidazole rings is 1. The van der Waals surface area contributed by atoms with E-state index in [0.717, 1.165) is 46.7 Å². The molecule has 3 aromatic rings. The van der Waals surface area contributed by atoms with Gasteiger partial charge in [-0.1, -0.05) is 43.3 Å². The van der Waals surface area contributed by atoms with E-state index in [2.05, 4.69) is 50.8 Å². The third kappa shape index (κ3) is 4.71. The van der Waals surface area contributed by atoms with Gasteiger partial charge in [-0.2, -0.15) is 0 Å². The van der Waals surface area contributed by atoms with Crippen molar-refractivity contribution < 1.29 is 0 Å². The first kappa shape index (κ1) is 21.0. The van der Waals surface area contributed by atoms with Gasteiger partial charge in [0.1, 0.15) is 6.33 Å². The Kier molecular flexibility index (Phi) is 6.46. The fraction of sp³-hybridized carbons (Fsp3) is 0.381. The van der Waals surface area contributed by atoms with Gasteiger partial charge in [0.2, 0.25) is 0 Å². The van der Waals surface area contributed by atoms with Gasteiger partial charge in [-0.05, 0) is 37.1 Å². The van der Waals surface area contributed by atoms with Crippen LogP contribution in [-0.2, 0) is 6.54 Å². The van der Waals surface area contributed by atoms with Crippen molar-refractivity contribution in [2.75, 3.05) is 12.3 Å². The molecule has 0 saturated heterocycles. The van der Waals surface area contributed by atoms with Crippen LogP contribution in [0.25, 0.3) is 11.2 Å². The summed E-state index contributed by atoms with van der Waals surface area (Å²) in [6, 6.07) is 2.55. The summed E-state index contributed by atoms with van der Waals surface area (Å²) in [4.78, 5) is 17.5. The summed E-state index contributed by atoms with van der Waals surface area (Å²) in [7, 11) is 0. The molecule has 0 fully saturated rings. The number of nitrogens with two attached hydrogens (primary N) is 1. The molecular formula is C21H26ClN7S. The molecule has 0 amide bonds. The van der Waals surface area contributed by atoms with Crippen molar-refractivity contribution in [3.63, 3.8) is 0 Å². The molecule has 1 atom stereocenters. The molecule has 0 spiro atoms. The zero-order valence-corrected chi connectivity index (χ0v) is 18.7. The molecule has 158 valence electrons. The molecule has 3 aromatic heterocycles. The zero-order valence-electron chi connectivity index (χ0n) is 17.1. The molecule has 30 heavy (non-hydrogen) atoms. The van der Waals surface area contributed by atoms with Crippen LogP contribution in [-0.4, -0.2) is 37.1 Å². The van der Waals surface area contributed by atoms with E-state index in [9.17, 15) is 0 Å². The number of hydrogen-bond donors (Lipinski definition) is 3. The van der Waals surface area contributed by atoms with Gasteiger partial charge in [0.25, 0.3) is 0 Å². The molecule has 7 nitrogen and oxygen atoms in total. The summed E-state index contributed by atoms with van der Waals surface area (Å²) in [6.07, 6.45) is 11.5. The predicted octanol–water partition coefficient (Wildman–Crippen LogP) is 4.41. The lowest BCUT2D eigenvalue weighted by Crippen LogP contribution is -2.24. The number of nitrogens with one attached hydrogen (secondary N) is 2. The normalized spacial score (nSPS) is 16.9. The van der Waals surface area contributed by atoms with Crippen LogP contribution in [0.3, 0.4) is 0 Å². The van der Waals surface area contributed by atoms with Gasteiger partial charge in [0.15, 0.2) is 22.1 Å². The first-order valence-corrected chi connectivity index (χ1v) is 11.3. The molecule has 9 heteroatoms. The van der Waals surface area contributed by atoms with Crippen molar-refractivity contribution >= 4 is 40.3 Å². The minimum atomic E-state index is 0.245. The number of nitrogens with zero attached hydrogens (tertiary/aromatic N) is 4. The topological polar surface area (TPSA) is 97.4 Å². The molecule has 4 rings (SSSR count). The molecule has 0 aromatic carbocycles. The second-order valence-corrected chi connectivity index (χ2v) is 9.18. The molecule has 0 saturated carbocycles. The number of thioether (sulfide) groups is 1. The van der Waals surface area contributed by atoms with E-state index in [1.165, 1.54) is 11.9 Å². The van der Waals surface area contributed by atoms with Crippen LogP contribution in [0.4, 0.5) is 5.82 Å². The van der Waals surface area contributed by atoms with Gasteiger partial charge in [-0.3, -0.25) is 0 Å². The van der Waals surface area contributed by atoms with Crippen molar-refractivity contribution in [1.29, 1.82) is 0 Å². The Hall–Kier alpha value is -2.29. The van der Waals surface area contributed by atoms with Crippen LogP contribution in [0.1, 0.15) is 38.2 Å². The van der Waals surface area contributed by atoms with Crippen LogP contribution in [0.15, 0.2) is 52.0 Å². The van der Waals surface area contributed by atoms with Crippen LogP contribution < -0.4 is 11.1 Å². The molecule has 4 N–H and O–H groups in total. The molecule has 0 aliphatic heterocycles. The lowest BCUT2D eigenvalue weighted by Gasteiger charge is -2.18. The number of rotatable bonds is 8. The van der Waals surface area contributed by atoms with E-state index < -0.39 is 0 Å². The smallest absolute Gasteiger partial charge is 0.175 e. The molecule has 1 aliphatic carbocycles. The van der Waals surface area contributed by atoms with Crippen molar-refractivity contribution in [1.82, 2.24) is 29.8 Å². The molecule has 0 radical (unpaired) electrons. The number of H-pyrrole nitrogens is 1. The summed E-state index contributed by atoms with van der Waals surface area (Å²) in [5, 5.41) is 5.15. The minimum Gasteiger partial charge on any atom is -0.382 e. The highest BCUT2D eigenvalue weighted by Gasteiger charge is 2.20. The van der Waals surface area contributed by atoms with Crippen LogP contribution in [0.5, 0.6) is 0 Å². The maximum atomic E-state index is 6.48. The van der Waals surface area contributed by atoms with Crippen LogP contribution >= 0.6 is 23.4 Å². The highest BCUT2D eigenvalue weighted by molar-refractivity contribution is 8.03. The number of hydrogen-bond acceptors (Lipinski definition) is 6. The highest BCUT2D eigenvalue weighted by atomic mass is 35.5. The van der Waals surface area contributed by atoms with E-state index >= 15 is 0 Å². The van der Waals surface area contributed by atoms with Crippen molar-refractivity contribution in [3.8, 4) is 0 Å². The van der Waals surface area contributed by atoms with Gasteiger partial charge in [-0.25, -0.2) is 15.0 Å². The highest BCUT2D eigenvalue weighted by Crippen LogP contribution is 2.39. The lowest BCUT2D eigenvalue weighted by atomic mass is 9.94. The van der Waals surface area contributed by atoms with Crippen molar-refractivity contribution in [3.05, 3.63) is 52.4 Å². The summed E-state index contributed by atoms with van der Waals surface area (Å²) >= 11 is 8.08. The number of nitrogen functional groups attached to an aromatic ring is 1. The Labute approximate surface area is 185 Å². The summed E-state index contributed by atoms with van der Waals surface area (Å²) in [6.45, 7) is 6.01. The van der Waals surface area contributed by atoms with Gasteiger partial charge >= 0.3 is 0 Å². The van der Waals surface area contributed by atoms with Crippen LogP contribution in [0.2, 0.25) is 0 Å². The van der Waals surface area contributed by atoms with Crippen LogP contribution in [0, 0.1) is 0 Å². The van der Waals surface area contributed by atoms with E-state index in [4.69, 9.17) is 22.3 Å². The lowest BCUT2D eigenvalue weighted by molar-refractivity contribution is 0.525. The molecular weight excluding hydrogens is 418 g/mol. The monoisotopic (exact) mass is 443 g/mol. The van der Waals surface area contributed by atoms with Gasteiger partial charge < -0.3 is 20.6 Å². The number of fused-ring (bicyclic) bond motifs is 1. The first-order valence-electron chi connectivity index (χ1n) is 10.1. The Bertz CT molecular complexity index is 1070. The number of aromatic nitrogens is 5. The number of aromatic amines is 1. The standard InChI is InChI=1S/C21H26ClN7S/c1-13(2)25-5-3-7-29-20-18(19(23)26-12-27-20)28-21(29)30-17-9-15(8-16(22)10-17)14-4-6-24-11-14/h4,6,9-13,15,24-25H,3,5,7-8H2,1-2H3,(H2,23,26,27). The summed E-state index contributed by atoms with van der Waals surface area (Å²) < 4.78 is 2.13. The summed E-state index contributed by atoms with van der Waals surface area (Å²) in [5.74, 6) is 0.645. The minimum absolute atomic E-state index is 0.245. The average molecular weight is 444 g/mol. The maximum absolute atomic E-state index is 6.48. The Morgan fingerprint density at radius 1 is 1.40 bits per heavy atom. The largest absolute Gasteiger partial charge is 0.382 e. The second kappa shape index (κ2) is 9.24. The summed E-state index contributed by atoms with van der Waals surface area (Å²) in [5.41, 5.74) is 8.71. The SMILES string of the molecule is CC(C)NCCCn1c(SC2=CC(c3cc[nH]c3)CC(Cl)=C2)nc2c(N)ncnc21. The third-order valence-corrected chi connectivity index (χ3v) is 6.22. The first-order chi connectivity index (χ1) is 14.5. The van der Waals surface area contributed by atoms with Gasteiger partial charge in [0, 0.05) is 40.8 Å². The average Bonchev–Trinajstić information content (AvgIpc) is 3.34. The number of anilines is 1. The Morgan fingerprint density at radius 3 is 3.03 bits per heavy atom. The number of allylic oxidation sites excluding steroid dienone is 3. The van der Waals surface area contributed by atoms with Crippen molar-refractivity contribution in [2.45, 2.75) is 50.4 Å². The van der Waals surface area contributed by atoms with Gasteiger partial charge in [-0.15, -0.1) is 0 Å². The van der Waals surface area contributed by atoms with E-state index in [-0.39, 0.29) is 5.92 Å². The molecule has 1 aliphatic rings. The zero-order chi connectivity index (χ0) is 21.1. The third-order valence-electron chi connectivity index (χ3n) is 4.97. The van der Waals surface area contributed by atoms with E-state index in [0.29, 0.717) is 17.4 Å². The van der Waals surface area contributed by atoms with Gasteiger partial charge in [0.05, 0.1) is 0 Å². The second-order valence-electron chi connectivity index (χ2n) is 7.66. The fourth-order valence-electron chi connectivity index (χ4n) is 3.52. The van der Waals surface area contributed by atoms with E-state index in [1.54, 1.807) is 11.8 Å². The predicted molar refractivity (Wildman–Crippen MR) is 124 cm³/mol. The Balaban J connectivity index is 1.62. The number of halogens is 1. The Morgan fingerprint density at radius 2 is 2.27 bits per heavy atom. The number of aryl methyl sites for hydroxylation is 1. The van der Waals surface area contributed by atoms with E-state index in [1.807, 2.05) is 18.5 Å². The molecule has 0 bridgehead atoms. The maximum Gasteiger partial charge on any atom is 0.175 e. The molecule has 1 unspecified atom stereocenters. The van der Waals surface area contributed by atoms with Crippen molar-refractivity contribution in [2.24, 2.45) is 0 Å².